The molecule has 0 fully saturated rings. The van der Waals surface area contributed by atoms with Crippen LogP contribution in [0.15, 0.2) is 18.3 Å². The average molecular weight is 272 g/mol. The fraction of sp³-hybridized carbons (Fsp3) is 0.455. The summed E-state index contributed by atoms with van der Waals surface area (Å²) in [7, 11) is -3.04. The number of sulfone groups is 1. The number of nitrogens with zero attached hydrogens (tertiary/aromatic N) is 1. The third-order valence-electron chi connectivity index (χ3n) is 2.07. The summed E-state index contributed by atoms with van der Waals surface area (Å²) in [6.45, 7) is 2.18. The second-order valence-corrected chi connectivity index (χ2v) is 5.94. The van der Waals surface area contributed by atoms with Crippen LogP contribution in [0.25, 0.3) is 0 Å². The highest BCUT2D eigenvalue weighted by molar-refractivity contribution is 7.90. The molecule has 7 heteroatoms. The van der Waals surface area contributed by atoms with E-state index in [1.165, 1.54) is 6.20 Å². The summed E-state index contributed by atoms with van der Waals surface area (Å²) in [5.41, 5.74) is 0.299. The van der Waals surface area contributed by atoms with Crippen molar-refractivity contribution in [3.8, 4) is 0 Å². The Morgan fingerprint density at radius 2 is 2.22 bits per heavy atom. The molecule has 0 saturated carbocycles. The van der Waals surface area contributed by atoms with Gasteiger partial charge in [0.2, 0.25) is 0 Å². The molecule has 0 aliphatic heterocycles. The normalized spacial score (nSPS) is 11.0. The van der Waals surface area contributed by atoms with Gasteiger partial charge >= 0.3 is 5.97 Å². The molecule has 0 atom stereocenters. The van der Waals surface area contributed by atoms with Gasteiger partial charge in [-0.1, -0.05) is 0 Å². The maximum absolute atomic E-state index is 11.6. The lowest BCUT2D eigenvalue weighted by Gasteiger charge is -2.09. The van der Waals surface area contributed by atoms with Crippen molar-refractivity contribution in [2.75, 3.05) is 30.5 Å². The molecule has 1 N–H and O–H groups in total. The highest BCUT2D eigenvalue weighted by Gasteiger charge is 2.13. The van der Waals surface area contributed by atoms with Crippen LogP contribution < -0.4 is 5.32 Å². The Hall–Kier alpha value is -1.63. The number of ether oxygens (including phenoxy) is 1. The van der Waals surface area contributed by atoms with Crippen LogP contribution in [0.2, 0.25) is 0 Å². The van der Waals surface area contributed by atoms with Crippen LogP contribution in [0.1, 0.15) is 17.3 Å². The number of rotatable bonds is 6. The van der Waals surface area contributed by atoms with E-state index in [0.29, 0.717) is 11.4 Å². The second-order valence-electron chi connectivity index (χ2n) is 3.68. The Bertz CT molecular complexity index is 514. The number of esters is 1. The largest absolute Gasteiger partial charge is 0.462 e. The molecule has 0 aliphatic carbocycles. The van der Waals surface area contributed by atoms with E-state index in [4.69, 9.17) is 4.74 Å². The van der Waals surface area contributed by atoms with Crippen molar-refractivity contribution in [2.24, 2.45) is 0 Å². The lowest BCUT2D eigenvalue weighted by Crippen LogP contribution is -2.17. The van der Waals surface area contributed by atoms with Gasteiger partial charge in [-0.05, 0) is 19.1 Å². The first-order chi connectivity index (χ1) is 8.44. The van der Waals surface area contributed by atoms with Crippen LogP contribution in [0, 0.1) is 0 Å². The lowest BCUT2D eigenvalue weighted by atomic mass is 10.2. The standard InChI is InChI=1S/C11H16N2O4S/c1-3-17-11(14)9-5-4-6-12-10(9)13-7-8-18(2,15)16/h4-6H,3,7-8H2,1-2H3,(H,12,13). The molecule has 0 aliphatic rings. The molecule has 0 amide bonds. The fourth-order valence-corrected chi connectivity index (χ4v) is 1.75. The van der Waals surface area contributed by atoms with Gasteiger partial charge in [-0.25, -0.2) is 18.2 Å². The van der Waals surface area contributed by atoms with Crippen molar-refractivity contribution in [3.63, 3.8) is 0 Å². The van der Waals surface area contributed by atoms with Gasteiger partial charge in [-0.3, -0.25) is 0 Å². The van der Waals surface area contributed by atoms with Crippen LogP contribution in [0.3, 0.4) is 0 Å². The van der Waals surface area contributed by atoms with Crippen molar-refractivity contribution < 1.29 is 17.9 Å². The van der Waals surface area contributed by atoms with Gasteiger partial charge in [0.05, 0.1) is 12.4 Å². The van der Waals surface area contributed by atoms with Crippen LogP contribution in [0.4, 0.5) is 5.82 Å². The van der Waals surface area contributed by atoms with Crippen molar-refractivity contribution in [3.05, 3.63) is 23.9 Å². The Morgan fingerprint density at radius 1 is 1.50 bits per heavy atom. The first-order valence-corrected chi connectivity index (χ1v) is 7.54. The number of carbonyl (C=O) groups excluding carboxylic acids is 1. The van der Waals surface area contributed by atoms with Gasteiger partial charge in [0, 0.05) is 19.0 Å². The predicted octanol–water partition coefficient (Wildman–Crippen LogP) is 0.715. The van der Waals surface area contributed by atoms with E-state index in [2.05, 4.69) is 10.3 Å². The molecular weight excluding hydrogens is 256 g/mol. The summed E-state index contributed by atoms with van der Waals surface area (Å²) in [5, 5.41) is 2.82. The van der Waals surface area contributed by atoms with Gasteiger partial charge in [0.15, 0.2) is 0 Å². The quantitative estimate of drug-likeness (QED) is 0.768. The number of anilines is 1. The minimum Gasteiger partial charge on any atom is -0.462 e. The summed E-state index contributed by atoms with van der Waals surface area (Å²) < 4.78 is 26.9. The second kappa shape index (κ2) is 6.34. The number of aromatic nitrogens is 1. The fourth-order valence-electron chi connectivity index (χ4n) is 1.27. The third-order valence-corrected chi connectivity index (χ3v) is 3.01. The Kier molecular flexibility index (Phi) is 5.08. The zero-order valence-electron chi connectivity index (χ0n) is 10.3. The van der Waals surface area contributed by atoms with Crippen molar-refractivity contribution >= 4 is 21.6 Å². The zero-order chi connectivity index (χ0) is 13.6. The third kappa shape index (κ3) is 4.70. The van der Waals surface area contributed by atoms with Crippen molar-refractivity contribution in [1.29, 1.82) is 0 Å². The average Bonchev–Trinajstić information content (AvgIpc) is 2.28. The highest BCUT2D eigenvalue weighted by Crippen LogP contribution is 2.12. The van der Waals surface area contributed by atoms with E-state index in [1.54, 1.807) is 19.1 Å². The summed E-state index contributed by atoms with van der Waals surface area (Å²) in [6.07, 6.45) is 2.67. The molecule has 18 heavy (non-hydrogen) atoms. The molecule has 0 saturated heterocycles. The van der Waals surface area contributed by atoms with E-state index in [-0.39, 0.29) is 18.9 Å². The Balaban J connectivity index is 2.73. The lowest BCUT2D eigenvalue weighted by molar-refractivity contribution is 0.0527. The predicted molar refractivity (Wildman–Crippen MR) is 68.4 cm³/mol. The summed E-state index contributed by atoms with van der Waals surface area (Å²) in [4.78, 5) is 15.6. The summed E-state index contributed by atoms with van der Waals surface area (Å²) in [6, 6.07) is 3.20. The first-order valence-electron chi connectivity index (χ1n) is 5.47. The molecule has 0 bridgehead atoms. The highest BCUT2D eigenvalue weighted by atomic mass is 32.2. The molecule has 100 valence electrons. The van der Waals surface area contributed by atoms with Crippen molar-refractivity contribution in [2.45, 2.75) is 6.92 Å². The zero-order valence-corrected chi connectivity index (χ0v) is 11.2. The number of pyridine rings is 1. The Labute approximate surface area is 106 Å². The molecule has 1 aromatic rings. The molecule has 1 rings (SSSR count). The van der Waals surface area contributed by atoms with Gasteiger partial charge in [-0.2, -0.15) is 0 Å². The first kappa shape index (κ1) is 14.4. The molecule has 0 spiro atoms. The molecule has 0 aromatic carbocycles. The van der Waals surface area contributed by atoms with E-state index >= 15 is 0 Å². The SMILES string of the molecule is CCOC(=O)c1cccnc1NCCS(C)(=O)=O. The molecule has 0 radical (unpaired) electrons. The van der Waals surface area contributed by atoms with E-state index in [0.717, 1.165) is 6.26 Å². The molecule has 0 unspecified atom stereocenters. The van der Waals surface area contributed by atoms with Crippen LogP contribution >= 0.6 is 0 Å². The monoisotopic (exact) mass is 272 g/mol. The van der Waals surface area contributed by atoms with Gasteiger partial charge < -0.3 is 10.1 Å². The number of nitrogens with one attached hydrogen (secondary N) is 1. The maximum Gasteiger partial charge on any atom is 0.341 e. The summed E-state index contributed by atoms with van der Waals surface area (Å²) in [5.74, 6) is -0.168. The number of hydrogen-bond donors (Lipinski definition) is 1. The maximum atomic E-state index is 11.6. The van der Waals surface area contributed by atoms with Gasteiger partial charge in [0.1, 0.15) is 21.2 Å². The molecular formula is C11H16N2O4S. The van der Waals surface area contributed by atoms with Crippen LogP contribution in [-0.4, -0.2) is 44.5 Å². The summed E-state index contributed by atoms with van der Waals surface area (Å²) >= 11 is 0. The topological polar surface area (TPSA) is 85.4 Å². The van der Waals surface area contributed by atoms with Crippen molar-refractivity contribution in [1.82, 2.24) is 4.98 Å². The minimum atomic E-state index is -3.04. The van der Waals surface area contributed by atoms with Gasteiger partial charge in [-0.15, -0.1) is 0 Å². The molecule has 6 nitrogen and oxygen atoms in total. The van der Waals surface area contributed by atoms with Crippen LogP contribution in [0.5, 0.6) is 0 Å². The van der Waals surface area contributed by atoms with E-state index in [9.17, 15) is 13.2 Å². The van der Waals surface area contributed by atoms with Gasteiger partial charge in [0.25, 0.3) is 0 Å². The smallest absolute Gasteiger partial charge is 0.341 e. The molecule has 1 heterocycles. The molecule has 1 aromatic heterocycles. The number of hydrogen-bond acceptors (Lipinski definition) is 6. The number of carbonyl (C=O) groups is 1. The van der Waals surface area contributed by atoms with Crippen LogP contribution in [-0.2, 0) is 14.6 Å². The Morgan fingerprint density at radius 3 is 2.83 bits per heavy atom. The van der Waals surface area contributed by atoms with E-state index < -0.39 is 15.8 Å². The minimum absolute atomic E-state index is 0.0220. The van der Waals surface area contributed by atoms with E-state index in [1.807, 2.05) is 0 Å².